The standard InChI is InChI=1S/C16H26N2/c1-14(15-7-5-4-6-8-15)13-18-11-9-16(2,17-3)10-12-18/h4-8,14,17H,9-13H2,1-3H3. The first-order chi connectivity index (χ1) is 8.63. The van der Waals surface area contributed by atoms with E-state index in [4.69, 9.17) is 0 Å². The Kier molecular flexibility index (Phi) is 4.41. The van der Waals surface area contributed by atoms with Gasteiger partial charge in [-0.3, -0.25) is 0 Å². The number of piperidine rings is 1. The highest BCUT2D eigenvalue weighted by Crippen LogP contribution is 2.23. The first kappa shape index (κ1) is 13.6. The van der Waals surface area contributed by atoms with Gasteiger partial charge in [-0.25, -0.2) is 0 Å². The average Bonchev–Trinajstić information content (AvgIpc) is 2.42. The molecular weight excluding hydrogens is 220 g/mol. The minimum atomic E-state index is 0.354. The molecule has 0 amide bonds. The van der Waals surface area contributed by atoms with Crippen LogP contribution >= 0.6 is 0 Å². The predicted octanol–water partition coefficient (Wildman–Crippen LogP) is 2.86. The monoisotopic (exact) mass is 246 g/mol. The van der Waals surface area contributed by atoms with E-state index in [1.807, 2.05) is 0 Å². The largest absolute Gasteiger partial charge is 0.314 e. The molecule has 0 aromatic heterocycles. The minimum absolute atomic E-state index is 0.354. The van der Waals surface area contributed by atoms with Crippen molar-refractivity contribution in [3.8, 4) is 0 Å². The molecule has 2 rings (SSSR count). The number of hydrogen-bond acceptors (Lipinski definition) is 2. The maximum Gasteiger partial charge on any atom is 0.0174 e. The molecular formula is C16H26N2. The Morgan fingerprint density at radius 3 is 2.39 bits per heavy atom. The summed E-state index contributed by atoms with van der Waals surface area (Å²) in [5, 5.41) is 3.46. The summed E-state index contributed by atoms with van der Waals surface area (Å²) in [5.74, 6) is 0.630. The number of nitrogens with zero attached hydrogens (tertiary/aromatic N) is 1. The third-order valence-corrected chi connectivity index (χ3v) is 4.46. The topological polar surface area (TPSA) is 15.3 Å². The first-order valence-electron chi connectivity index (χ1n) is 7.09. The van der Waals surface area contributed by atoms with Gasteiger partial charge in [-0.1, -0.05) is 37.3 Å². The average molecular weight is 246 g/mol. The molecule has 1 aromatic rings. The zero-order chi connectivity index (χ0) is 13.0. The Morgan fingerprint density at radius 1 is 1.22 bits per heavy atom. The van der Waals surface area contributed by atoms with Crippen LogP contribution in [-0.2, 0) is 0 Å². The van der Waals surface area contributed by atoms with Gasteiger partial charge in [0.1, 0.15) is 0 Å². The second-order valence-corrected chi connectivity index (χ2v) is 5.92. The first-order valence-corrected chi connectivity index (χ1v) is 7.09. The van der Waals surface area contributed by atoms with Gasteiger partial charge in [-0.15, -0.1) is 0 Å². The number of nitrogens with one attached hydrogen (secondary N) is 1. The molecule has 0 aliphatic carbocycles. The fraction of sp³-hybridized carbons (Fsp3) is 0.625. The third kappa shape index (κ3) is 3.33. The van der Waals surface area contributed by atoms with E-state index in [1.54, 1.807) is 0 Å². The molecule has 2 heteroatoms. The Labute approximate surface area is 111 Å². The van der Waals surface area contributed by atoms with Crippen molar-refractivity contribution in [3.05, 3.63) is 35.9 Å². The van der Waals surface area contributed by atoms with E-state index in [-0.39, 0.29) is 0 Å². The molecule has 1 aliphatic heterocycles. The molecule has 1 saturated heterocycles. The van der Waals surface area contributed by atoms with Crippen LogP contribution in [-0.4, -0.2) is 37.1 Å². The van der Waals surface area contributed by atoms with Crippen LogP contribution in [0.1, 0.15) is 38.2 Å². The lowest BCUT2D eigenvalue weighted by molar-refractivity contribution is 0.147. The SMILES string of the molecule is CNC1(C)CCN(CC(C)c2ccccc2)CC1. The van der Waals surface area contributed by atoms with Crippen molar-refractivity contribution in [1.29, 1.82) is 0 Å². The number of hydrogen-bond donors (Lipinski definition) is 1. The summed E-state index contributed by atoms with van der Waals surface area (Å²) in [7, 11) is 2.09. The van der Waals surface area contributed by atoms with Crippen LogP contribution < -0.4 is 5.32 Å². The fourth-order valence-electron chi connectivity index (χ4n) is 2.75. The minimum Gasteiger partial charge on any atom is -0.314 e. The number of rotatable bonds is 4. The molecule has 1 unspecified atom stereocenters. The van der Waals surface area contributed by atoms with E-state index in [1.165, 1.54) is 38.0 Å². The molecule has 100 valence electrons. The van der Waals surface area contributed by atoms with E-state index in [2.05, 4.69) is 61.4 Å². The highest BCUT2D eigenvalue weighted by Gasteiger charge is 2.28. The molecule has 1 heterocycles. The molecule has 1 aromatic carbocycles. The lowest BCUT2D eigenvalue weighted by atomic mass is 9.89. The van der Waals surface area contributed by atoms with Gasteiger partial charge in [-0.05, 0) is 51.4 Å². The van der Waals surface area contributed by atoms with Crippen LogP contribution in [0.15, 0.2) is 30.3 Å². The zero-order valence-electron chi connectivity index (χ0n) is 11.9. The smallest absolute Gasteiger partial charge is 0.0174 e. The summed E-state index contributed by atoms with van der Waals surface area (Å²) in [6, 6.07) is 10.9. The molecule has 0 saturated carbocycles. The molecule has 0 bridgehead atoms. The number of likely N-dealkylation sites (tertiary alicyclic amines) is 1. The summed E-state index contributed by atoms with van der Waals surface area (Å²) >= 11 is 0. The second-order valence-electron chi connectivity index (χ2n) is 5.92. The Hall–Kier alpha value is -0.860. The van der Waals surface area contributed by atoms with Gasteiger partial charge in [-0.2, -0.15) is 0 Å². The molecule has 1 fully saturated rings. The molecule has 2 nitrogen and oxygen atoms in total. The van der Waals surface area contributed by atoms with Crippen LogP contribution in [0.2, 0.25) is 0 Å². The number of benzene rings is 1. The third-order valence-electron chi connectivity index (χ3n) is 4.46. The van der Waals surface area contributed by atoms with Crippen molar-refractivity contribution in [2.45, 2.75) is 38.1 Å². The summed E-state index contributed by atoms with van der Waals surface area (Å²) < 4.78 is 0. The summed E-state index contributed by atoms with van der Waals surface area (Å²) in [4.78, 5) is 2.61. The maximum atomic E-state index is 3.46. The lowest BCUT2D eigenvalue weighted by Crippen LogP contribution is -2.50. The fourth-order valence-corrected chi connectivity index (χ4v) is 2.75. The molecule has 0 spiro atoms. The summed E-state index contributed by atoms with van der Waals surface area (Å²) in [5.41, 5.74) is 1.81. The van der Waals surface area contributed by atoms with Gasteiger partial charge in [0, 0.05) is 12.1 Å². The predicted molar refractivity (Wildman–Crippen MR) is 78.0 cm³/mol. The van der Waals surface area contributed by atoms with Crippen molar-refractivity contribution < 1.29 is 0 Å². The molecule has 1 atom stereocenters. The summed E-state index contributed by atoms with van der Waals surface area (Å²) in [6.45, 7) is 8.29. The van der Waals surface area contributed by atoms with Gasteiger partial charge in [0.05, 0.1) is 0 Å². The second kappa shape index (κ2) is 5.85. The van der Waals surface area contributed by atoms with E-state index < -0.39 is 0 Å². The van der Waals surface area contributed by atoms with E-state index in [0.29, 0.717) is 11.5 Å². The normalized spacial score (nSPS) is 21.7. The Bertz CT molecular complexity index is 353. The maximum absolute atomic E-state index is 3.46. The highest BCUT2D eigenvalue weighted by molar-refractivity contribution is 5.19. The molecule has 1 aliphatic rings. The van der Waals surface area contributed by atoms with Gasteiger partial charge in [0.15, 0.2) is 0 Å². The highest BCUT2D eigenvalue weighted by atomic mass is 15.1. The van der Waals surface area contributed by atoms with E-state index in [0.717, 1.165) is 0 Å². The van der Waals surface area contributed by atoms with Gasteiger partial charge in [0.25, 0.3) is 0 Å². The lowest BCUT2D eigenvalue weighted by Gasteiger charge is -2.40. The van der Waals surface area contributed by atoms with Crippen LogP contribution in [0.5, 0.6) is 0 Å². The molecule has 0 radical (unpaired) electrons. The van der Waals surface area contributed by atoms with Gasteiger partial charge < -0.3 is 10.2 Å². The van der Waals surface area contributed by atoms with Crippen LogP contribution in [0.4, 0.5) is 0 Å². The van der Waals surface area contributed by atoms with Crippen molar-refractivity contribution >= 4 is 0 Å². The van der Waals surface area contributed by atoms with E-state index >= 15 is 0 Å². The van der Waals surface area contributed by atoms with Gasteiger partial charge >= 0.3 is 0 Å². The van der Waals surface area contributed by atoms with Crippen LogP contribution in [0.25, 0.3) is 0 Å². The Balaban J connectivity index is 1.85. The van der Waals surface area contributed by atoms with Crippen molar-refractivity contribution in [2.75, 3.05) is 26.7 Å². The Morgan fingerprint density at radius 2 is 1.83 bits per heavy atom. The summed E-state index contributed by atoms with van der Waals surface area (Å²) in [6.07, 6.45) is 2.51. The molecule has 18 heavy (non-hydrogen) atoms. The van der Waals surface area contributed by atoms with Gasteiger partial charge in [0.2, 0.25) is 0 Å². The van der Waals surface area contributed by atoms with E-state index in [9.17, 15) is 0 Å². The zero-order valence-corrected chi connectivity index (χ0v) is 11.9. The van der Waals surface area contributed by atoms with Crippen molar-refractivity contribution in [1.82, 2.24) is 10.2 Å². The van der Waals surface area contributed by atoms with Crippen molar-refractivity contribution in [3.63, 3.8) is 0 Å². The van der Waals surface area contributed by atoms with Crippen LogP contribution in [0.3, 0.4) is 0 Å². The molecule has 1 N–H and O–H groups in total. The quantitative estimate of drug-likeness (QED) is 0.879. The van der Waals surface area contributed by atoms with Crippen LogP contribution in [0, 0.1) is 0 Å². The van der Waals surface area contributed by atoms with Crippen molar-refractivity contribution in [2.24, 2.45) is 0 Å².